The number of rotatable bonds is 4. The van der Waals surface area contributed by atoms with Crippen LogP contribution in [-0.4, -0.2) is 29.4 Å². The zero-order chi connectivity index (χ0) is 14.0. The minimum Gasteiger partial charge on any atom is -0.330 e. The van der Waals surface area contributed by atoms with Gasteiger partial charge in [0.2, 0.25) is 11.8 Å². The molecule has 1 saturated heterocycles. The summed E-state index contributed by atoms with van der Waals surface area (Å²) in [5.41, 5.74) is 8.09. The van der Waals surface area contributed by atoms with Gasteiger partial charge in [0.1, 0.15) is 0 Å². The number of para-hydroxylation sites is 1. The van der Waals surface area contributed by atoms with Crippen molar-refractivity contribution in [1.29, 1.82) is 0 Å². The first-order valence-corrected chi connectivity index (χ1v) is 7.35. The van der Waals surface area contributed by atoms with Crippen LogP contribution in [0.15, 0.2) is 18.2 Å². The lowest BCUT2D eigenvalue weighted by molar-refractivity contribution is -0.121. The standard InChI is InChI=1S/C14H18N2O2S.ClH/c1-9-4-3-5-10(2)13(9)16-12(17)8-11(14(16)18)19-7-6-15;/h3-5,11H,6-8,15H2,1-2H3;1H. The van der Waals surface area contributed by atoms with Gasteiger partial charge in [0.25, 0.3) is 0 Å². The third-order valence-corrected chi connectivity index (χ3v) is 4.45. The summed E-state index contributed by atoms with van der Waals surface area (Å²) >= 11 is 1.47. The zero-order valence-electron chi connectivity index (χ0n) is 11.6. The maximum atomic E-state index is 12.4. The van der Waals surface area contributed by atoms with Crippen LogP contribution in [0.25, 0.3) is 0 Å². The molecule has 2 amide bonds. The van der Waals surface area contributed by atoms with Crippen molar-refractivity contribution in [2.45, 2.75) is 25.5 Å². The van der Waals surface area contributed by atoms with Gasteiger partial charge in [-0.3, -0.25) is 9.59 Å². The van der Waals surface area contributed by atoms with Crippen LogP contribution in [0.5, 0.6) is 0 Å². The number of nitrogens with two attached hydrogens (primary N) is 1. The molecule has 20 heavy (non-hydrogen) atoms. The van der Waals surface area contributed by atoms with Crippen molar-refractivity contribution in [3.63, 3.8) is 0 Å². The number of halogens is 1. The quantitative estimate of drug-likeness (QED) is 0.864. The van der Waals surface area contributed by atoms with Gasteiger partial charge < -0.3 is 5.73 Å². The van der Waals surface area contributed by atoms with Crippen LogP contribution in [0.4, 0.5) is 5.69 Å². The number of hydrogen-bond donors (Lipinski definition) is 1. The fourth-order valence-corrected chi connectivity index (χ4v) is 3.27. The molecule has 1 unspecified atom stereocenters. The van der Waals surface area contributed by atoms with Crippen molar-refractivity contribution in [3.8, 4) is 0 Å². The number of imide groups is 1. The van der Waals surface area contributed by atoms with Crippen molar-refractivity contribution in [3.05, 3.63) is 29.3 Å². The Labute approximate surface area is 129 Å². The lowest BCUT2D eigenvalue weighted by atomic mass is 10.1. The van der Waals surface area contributed by atoms with Gasteiger partial charge in [-0.1, -0.05) is 18.2 Å². The normalized spacial score (nSPS) is 18.4. The average molecular weight is 315 g/mol. The Morgan fingerprint density at radius 1 is 1.30 bits per heavy atom. The first-order valence-electron chi connectivity index (χ1n) is 6.31. The number of anilines is 1. The molecule has 0 aromatic heterocycles. The van der Waals surface area contributed by atoms with Gasteiger partial charge in [0.15, 0.2) is 0 Å². The van der Waals surface area contributed by atoms with E-state index in [1.54, 1.807) is 0 Å². The first kappa shape index (κ1) is 17.0. The van der Waals surface area contributed by atoms with E-state index in [2.05, 4.69) is 0 Å². The predicted molar refractivity (Wildman–Crippen MR) is 85.6 cm³/mol. The summed E-state index contributed by atoms with van der Waals surface area (Å²) in [6.07, 6.45) is 0.275. The van der Waals surface area contributed by atoms with E-state index in [0.717, 1.165) is 16.8 Å². The molecule has 1 aliphatic rings. The zero-order valence-corrected chi connectivity index (χ0v) is 13.2. The predicted octanol–water partition coefficient (Wildman–Crippen LogP) is 2.05. The summed E-state index contributed by atoms with van der Waals surface area (Å²) in [7, 11) is 0. The van der Waals surface area contributed by atoms with Gasteiger partial charge in [-0.25, -0.2) is 4.90 Å². The lowest BCUT2D eigenvalue weighted by Gasteiger charge is -2.19. The summed E-state index contributed by atoms with van der Waals surface area (Å²) in [4.78, 5) is 25.8. The van der Waals surface area contributed by atoms with E-state index >= 15 is 0 Å². The van der Waals surface area contributed by atoms with Gasteiger partial charge in [-0.15, -0.1) is 24.2 Å². The Hall–Kier alpha value is -1.04. The van der Waals surface area contributed by atoms with Gasteiger partial charge in [0.05, 0.1) is 10.9 Å². The maximum absolute atomic E-state index is 12.4. The van der Waals surface area contributed by atoms with Crippen LogP contribution in [0.3, 0.4) is 0 Å². The largest absolute Gasteiger partial charge is 0.330 e. The van der Waals surface area contributed by atoms with Crippen LogP contribution < -0.4 is 10.6 Å². The first-order chi connectivity index (χ1) is 9.06. The van der Waals surface area contributed by atoms with E-state index in [4.69, 9.17) is 5.73 Å². The molecule has 2 rings (SSSR count). The molecule has 0 saturated carbocycles. The van der Waals surface area contributed by atoms with Crippen LogP contribution in [-0.2, 0) is 9.59 Å². The van der Waals surface area contributed by atoms with E-state index in [-0.39, 0.29) is 35.9 Å². The van der Waals surface area contributed by atoms with E-state index in [1.165, 1.54) is 16.7 Å². The number of carbonyl (C=O) groups excluding carboxylic acids is 2. The fourth-order valence-electron chi connectivity index (χ4n) is 2.34. The molecule has 1 atom stereocenters. The number of carbonyl (C=O) groups is 2. The van der Waals surface area contributed by atoms with Crippen molar-refractivity contribution in [2.24, 2.45) is 5.73 Å². The summed E-state index contributed by atoms with van der Waals surface area (Å²) < 4.78 is 0. The third kappa shape index (κ3) is 3.16. The summed E-state index contributed by atoms with van der Waals surface area (Å²) in [5.74, 6) is 0.474. The summed E-state index contributed by atoms with van der Waals surface area (Å²) in [6, 6.07) is 5.77. The van der Waals surface area contributed by atoms with Crippen molar-refractivity contribution >= 4 is 41.7 Å². The topological polar surface area (TPSA) is 63.4 Å². The Morgan fingerprint density at radius 3 is 2.45 bits per heavy atom. The molecule has 1 aromatic rings. The van der Waals surface area contributed by atoms with Crippen LogP contribution >= 0.6 is 24.2 Å². The van der Waals surface area contributed by atoms with Gasteiger partial charge in [-0.05, 0) is 25.0 Å². The Morgan fingerprint density at radius 2 is 1.90 bits per heavy atom. The lowest BCUT2D eigenvalue weighted by Crippen LogP contribution is -2.32. The highest BCUT2D eigenvalue weighted by Crippen LogP contribution is 2.33. The van der Waals surface area contributed by atoms with Crippen molar-refractivity contribution in [1.82, 2.24) is 0 Å². The maximum Gasteiger partial charge on any atom is 0.247 e. The number of aryl methyl sites for hydroxylation is 2. The van der Waals surface area contributed by atoms with Gasteiger partial charge in [0, 0.05) is 18.7 Å². The summed E-state index contributed by atoms with van der Waals surface area (Å²) in [5, 5.41) is -0.282. The second-order valence-corrected chi connectivity index (χ2v) is 5.97. The van der Waals surface area contributed by atoms with Crippen molar-refractivity contribution < 1.29 is 9.59 Å². The van der Waals surface area contributed by atoms with E-state index in [1.807, 2.05) is 32.0 Å². The molecule has 1 aliphatic heterocycles. The van der Waals surface area contributed by atoms with E-state index < -0.39 is 0 Å². The molecular weight excluding hydrogens is 296 g/mol. The monoisotopic (exact) mass is 314 g/mol. The molecule has 6 heteroatoms. The minimum atomic E-state index is -0.282. The van der Waals surface area contributed by atoms with Gasteiger partial charge >= 0.3 is 0 Å². The number of nitrogens with zero attached hydrogens (tertiary/aromatic N) is 1. The highest BCUT2D eigenvalue weighted by atomic mass is 35.5. The smallest absolute Gasteiger partial charge is 0.247 e. The summed E-state index contributed by atoms with van der Waals surface area (Å²) in [6.45, 7) is 4.36. The van der Waals surface area contributed by atoms with Crippen LogP contribution in [0.2, 0.25) is 0 Å². The highest BCUT2D eigenvalue weighted by molar-refractivity contribution is 8.00. The second-order valence-electron chi connectivity index (χ2n) is 4.66. The molecule has 4 nitrogen and oxygen atoms in total. The molecule has 110 valence electrons. The Kier molecular flexibility index (Phi) is 6.05. The molecule has 0 aliphatic carbocycles. The number of benzene rings is 1. The van der Waals surface area contributed by atoms with E-state index in [9.17, 15) is 9.59 Å². The van der Waals surface area contributed by atoms with E-state index in [0.29, 0.717) is 12.3 Å². The van der Waals surface area contributed by atoms with Crippen LogP contribution in [0.1, 0.15) is 17.5 Å². The third-order valence-electron chi connectivity index (χ3n) is 3.21. The average Bonchev–Trinajstić information content (AvgIpc) is 2.63. The highest BCUT2D eigenvalue weighted by Gasteiger charge is 2.40. The molecule has 0 spiro atoms. The number of amides is 2. The Bertz CT molecular complexity index is 502. The number of hydrogen-bond acceptors (Lipinski definition) is 4. The van der Waals surface area contributed by atoms with Crippen LogP contribution in [0, 0.1) is 13.8 Å². The molecule has 2 N–H and O–H groups in total. The molecule has 1 heterocycles. The second kappa shape index (κ2) is 7.11. The molecular formula is C14H19ClN2O2S. The molecule has 1 fully saturated rings. The van der Waals surface area contributed by atoms with Crippen molar-refractivity contribution in [2.75, 3.05) is 17.2 Å². The molecule has 0 radical (unpaired) electrons. The molecule has 1 aromatic carbocycles. The Balaban J connectivity index is 0.00000200. The fraction of sp³-hybridized carbons (Fsp3) is 0.429. The number of thioether (sulfide) groups is 1. The minimum absolute atomic E-state index is 0. The SMILES string of the molecule is Cc1cccc(C)c1N1C(=O)CC(SCCN)C1=O.Cl. The molecule has 0 bridgehead atoms. The van der Waals surface area contributed by atoms with Gasteiger partial charge in [-0.2, -0.15) is 0 Å².